The predicted octanol–water partition coefficient (Wildman–Crippen LogP) is 5.99. The summed E-state index contributed by atoms with van der Waals surface area (Å²) in [5, 5.41) is 0. The van der Waals surface area contributed by atoms with Gasteiger partial charge in [0.1, 0.15) is 0 Å². The number of halogens is 2. The molecule has 0 aromatic rings. The van der Waals surface area contributed by atoms with Crippen LogP contribution in [0.1, 0.15) is 70.6 Å². The first-order valence-electron chi connectivity index (χ1n) is 6.59. The van der Waals surface area contributed by atoms with Crippen molar-refractivity contribution in [2.75, 3.05) is 0 Å². The third-order valence-electron chi connectivity index (χ3n) is 2.74. The van der Waals surface area contributed by atoms with Gasteiger partial charge in [0.05, 0.1) is 0 Å². The smallest absolute Gasteiger partial charge is 0.0106 e. The molecule has 0 fully saturated rings. The van der Waals surface area contributed by atoms with Gasteiger partial charge < -0.3 is 0 Å². The van der Waals surface area contributed by atoms with E-state index >= 15 is 0 Å². The first-order valence-corrected chi connectivity index (χ1v) is 8.17. The molecule has 0 aliphatic heterocycles. The highest BCUT2D eigenvalue weighted by atomic mass is 79.9. The number of hydrogen-bond acceptors (Lipinski definition) is 0. The second-order valence-electron chi connectivity index (χ2n) is 4.22. The molecule has 0 radical (unpaired) electrons. The van der Waals surface area contributed by atoms with Gasteiger partial charge in [-0.05, 0) is 22.5 Å². The molecule has 0 aliphatic rings. The summed E-state index contributed by atoms with van der Waals surface area (Å²) in [7, 11) is 0. The van der Waals surface area contributed by atoms with Gasteiger partial charge in [0.2, 0.25) is 0 Å². The standard InChI is InChI=1S/C15H22Br2/c16-14-12-10-8-6-4-2-1-3-5-7-9-11-13-15-17/h1-11H2. The third kappa shape index (κ3) is 16.1. The molecular formula is C15H22Br2. The van der Waals surface area contributed by atoms with E-state index in [1.54, 1.807) is 0 Å². The average molecular weight is 362 g/mol. The Bertz CT molecular complexity index is 234. The summed E-state index contributed by atoms with van der Waals surface area (Å²) >= 11 is 6.22. The maximum absolute atomic E-state index is 3.11. The highest BCUT2D eigenvalue weighted by molar-refractivity contribution is 9.12. The minimum atomic E-state index is 1.04. The van der Waals surface area contributed by atoms with Crippen LogP contribution in [0.4, 0.5) is 0 Å². The van der Waals surface area contributed by atoms with Crippen LogP contribution in [0.2, 0.25) is 0 Å². The molecule has 0 amide bonds. The van der Waals surface area contributed by atoms with Crippen LogP contribution in [-0.4, -0.2) is 0 Å². The van der Waals surface area contributed by atoms with E-state index in [1.807, 2.05) is 0 Å². The molecule has 17 heavy (non-hydrogen) atoms. The van der Waals surface area contributed by atoms with Crippen molar-refractivity contribution in [2.24, 2.45) is 0 Å². The Labute approximate surface area is 124 Å². The lowest BCUT2D eigenvalue weighted by Crippen LogP contribution is -1.81. The molecular weight excluding hydrogens is 340 g/mol. The van der Waals surface area contributed by atoms with Crippen molar-refractivity contribution in [2.45, 2.75) is 70.6 Å². The van der Waals surface area contributed by atoms with Crippen molar-refractivity contribution in [3.63, 3.8) is 0 Å². The quantitative estimate of drug-likeness (QED) is 0.331. The maximum atomic E-state index is 3.11. The lowest BCUT2D eigenvalue weighted by molar-refractivity contribution is 0.563. The van der Waals surface area contributed by atoms with Gasteiger partial charge in [-0.3, -0.25) is 0 Å². The molecule has 0 aromatic heterocycles. The van der Waals surface area contributed by atoms with Crippen LogP contribution in [-0.2, 0) is 0 Å². The average Bonchev–Trinajstić information content (AvgIpc) is 2.35. The van der Waals surface area contributed by atoms with Crippen molar-refractivity contribution in [1.82, 2.24) is 0 Å². The Morgan fingerprint density at radius 1 is 0.471 bits per heavy atom. The molecule has 0 rings (SSSR count). The molecule has 0 unspecified atom stereocenters. The van der Waals surface area contributed by atoms with E-state index in [-0.39, 0.29) is 0 Å². The van der Waals surface area contributed by atoms with Crippen LogP contribution in [0.15, 0.2) is 0 Å². The Balaban J connectivity index is 2.97. The lowest BCUT2D eigenvalue weighted by atomic mass is 10.1. The van der Waals surface area contributed by atoms with Crippen molar-refractivity contribution >= 4 is 31.9 Å². The Morgan fingerprint density at radius 3 is 1.06 bits per heavy atom. The van der Waals surface area contributed by atoms with Gasteiger partial charge >= 0.3 is 0 Å². The van der Waals surface area contributed by atoms with Crippen LogP contribution < -0.4 is 0 Å². The molecule has 0 saturated heterocycles. The van der Waals surface area contributed by atoms with Crippen molar-refractivity contribution in [3.8, 4) is 21.5 Å². The normalized spacial score (nSPS) is 9.06. The third-order valence-corrected chi connectivity index (χ3v) is 3.30. The molecule has 0 atom stereocenters. The predicted molar refractivity (Wildman–Crippen MR) is 84.2 cm³/mol. The minimum Gasteiger partial charge on any atom is -0.0908 e. The molecule has 2 heteroatoms. The Hall–Kier alpha value is 0.0800. The number of rotatable bonds is 10. The van der Waals surface area contributed by atoms with Gasteiger partial charge in [-0.15, -0.1) is 0 Å². The van der Waals surface area contributed by atoms with E-state index in [0.29, 0.717) is 0 Å². The van der Waals surface area contributed by atoms with Gasteiger partial charge in [0.25, 0.3) is 0 Å². The lowest BCUT2D eigenvalue weighted by Gasteiger charge is -2.00. The monoisotopic (exact) mass is 360 g/mol. The molecule has 0 bridgehead atoms. The molecule has 0 spiro atoms. The van der Waals surface area contributed by atoms with Crippen molar-refractivity contribution in [1.29, 1.82) is 0 Å². The zero-order chi connectivity index (χ0) is 12.6. The molecule has 96 valence electrons. The summed E-state index contributed by atoms with van der Waals surface area (Å²) < 4.78 is 0. The van der Waals surface area contributed by atoms with Crippen LogP contribution in [0.3, 0.4) is 0 Å². The fourth-order valence-electron chi connectivity index (χ4n) is 1.76. The molecule has 0 saturated carbocycles. The van der Waals surface area contributed by atoms with E-state index in [2.05, 4.69) is 53.4 Å². The van der Waals surface area contributed by atoms with E-state index in [1.165, 1.54) is 57.8 Å². The second-order valence-corrected chi connectivity index (χ2v) is 5.02. The topological polar surface area (TPSA) is 0 Å². The van der Waals surface area contributed by atoms with Crippen LogP contribution in [0.5, 0.6) is 0 Å². The van der Waals surface area contributed by atoms with Gasteiger partial charge in [-0.1, -0.05) is 56.8 Å². The van der Waals surface area contributed by atoms with E-state index < -0.39 is 0 Å². The fourth-order valence-corrected chi connectivity index (χ4v) is 2.16. The van der Waals surface area contributed by atoms with Gasteiger partial charge in [-0.25, -0.2) is 0 Å². The van der Waals surface area contributed by atoms with Gasteiger partial charge in [0, 0.05) is 44.7 Å². The molecule has 0 heterocycles. The largest absolute Gasteiger partial charge is 0.0908 e. The highest BCUT2D eigenvalue weighted by Gasteiger charge is 1.92. The van der Waals surface area contributed by atoms with Crippen LogP contribution in [0.25, 0.3) is 0 Å². The summed E-state index contributed by atoms with van der Waals surface area (Å²) in [5.41, 5.74) is 0. The number of hydrogen-bond donors (Lipinski definition) is 0. The van der Waals surface area contributed by atoms with Gasteiger partial charge in [-0.2, -0.15) is 0 Å². The summed E-state index contributed by atoms with van der Waals surface area (Å²) in [4.78, 5) is 5.51. The van der Waals surface area contributed by atoms with Crippen LogP contribution >= 0.6 is 31.9 Å². The van der Waals surface area contributed by atoms with E-state index in [0.717, 1.165) is 12.8 Å². The minimum absolute atomic E-state index is 1.04. The molecule has 0 nitrogen and oxygen atoms in total. The molecule has 0 N–H and O–H groups in total. The zero-order valence-electron chi connectivity index (χ0n) is 10.5. The first kappa shape index (κ1) is 17.1. The maximum Gasteiger partial charge on any atom is 0.0106 e. The van der Waals surface area contributed by atoms with E-state index in [4.69, 9.17) is 0 Å². The Kier molecular flexibility index (Phi) is 16.2. The second kappa shape index (κ2) is 16.1. The van der Waals surface area contributed by atoms with Crippen molar-refractivity contribution in [3.05, 3.63) is 0 Å². The summed E-state index contributed by atoms with van der Waals surface area (Å²) in [6.07, 6.45) is 14.2. The van der Waals surface area contributed by atoms with Gasteiger partial charge in [0.15, 0.2) is 0 Å². The zero-order valence-corrected chi connectivity index (χ0v) is 13.7. The SMILES string of the molecule is BrC#CCCCCCCCCCCCC#CBr. The fraction of sp³-hybridized carbons (Fsp3) is 0.733. The molecule has 0 aliphatic carbocycles. The van der Waals surface area contributed by atoms with Crippen molar-refractivity contribution < 1.29 is 0 Å². The van der Waals surface area contributed by atoms with E-state index in [9.17, 15) is 0 Å². The highest BCUT2D eigenvalue weighted by Crippen LogP contribution is 2.11. The van der Waals surface area contributed by atoms with Crippen LogP contribution in [0, 0.1) is 21.5 Å². The molecule has 0 aromatic carbocycles. The summed E-state index contributed by atoms with van der Waals surface area (Å²) in [6, 6.07) is 0. The summed E-state index contributed by atoms with van der Waals surface area (Å²) in [5.74, 6) is 6.07. The first-order chi connectivity index (χ1) is 8.41. The number of unbranched alkanes of at least 4 members (excludes halogenated alkanes) is 10. The summed E-state index contributed by atoms with van der Waals surface area (Å²) in [6.45, 7) is 0. The Morgan fingerprint density at radius 2 is 0.765 bits per heavy atom.